The summed E-state index contributed by atoms with van der Waals surface area (Å²) < 4.78 is 28.1. The summed E-state index contributed by atoms with van der Waals surface area (Å²) in [5.74, 6) is 0.320. The van der Waals surface area contributed by atoms with Crippen molar-refractivity contribution >= 4 is 31.8 Å². The van der Waals surface area contributed by atoms with Crippen LogP contribution in [0.5, 0.6) is 0 Å². The summed E-state index contributed by atoms with van der Waals surface area (Å²) >= 11 is 3.36. The number of nitrogens with zero attached hydrogens (tertiary/aromatic N) is 1. The lowest BCUT2D eigenvalue weighted by molar-refractivity contribution is 0.600. The molecule has 1 aromatic carbocycles. The molecule has 2 rings (SSSR count). The Morgan fingerprint density at radius 3 is 2.45 bits per heavy atom. The molecule has 0 unspecified atom stereocenters. The minimum Gasteiger partial charge on any atom is -0.263 e. The highest BCUT2D eigenvalue weighted by molar-refractivity contribution is 9.10. The molecule has 1 aromatic heterocycles. The monoisotopic (exact) mass is 354 g/mol. The first-order valence-corrected chi connectivity index (χ1v) is 8.29. The molecular weight excluding hydrogens is 340 g/mol. The third-order valence-electron chi connectivity index (χ3n) is 2.90. The van der Waals surface area contributed by atoms with Crippen LogP contribution in [0.3, 0.4) is 0 Å². The molecular formula is C14H15BrN2O2S. The molecule has 6 heteroatoms. The van der Waals surface area contributed by atoms with Crippen LogP contribution in [0.4, 0.5) is 5.82 Å². The molecule has 1 heterocycles. The van der Waals surface area contributed by atoms with Gasteiger partial charge < -0.3 is 0 Å². The topological polar surface area (TPSA) is 59.1 Å². The summed E-state index contributed by atoms with van der Waals surface area (Å²) in [6.07, 6.45) is 1.57. The lowest BCUT2D eigenvalue weighted by Gasteiger charge is -2.11. The molecule has 0 saturated carbocycles. The van der Waals surface area contributed by atoms with Crippen molar-refractivity contribution in [1.29, 1.82) is 0 Å². The second-order valence-electron chi connectivity index (χ2n) is 4.69. The predicted molar refractivity (Wildman–Crippen MR) is 83.4 cm³/mol. The van der Waals surface area contributed by atoms with E-state index in [-0.39, 0.29) is 4.90 Å². The van der Waals surface area contributed by atoms with E-state index < -0.39 is 10.0 Å². The van der Waals surface area contributed by atoms with E-state index in [1.807, 2.05) is 26.0 Å². The largest absolute Gasteiger partial charge is 0.263 e. The number of benzene rings is 1. The highest BCUT2D eigenvalue weighted by atomic mass is 79.9. The Morgan fingerprint density at radius 1 is 1.10 bits per heavy atom. The average molecular weight is 355 g/mol. The zero-order valence-corrected chi connectivity index (χ0v) is 13.8. The predicted octanol–water partition coefficient (Wildman–Crippen LogP) is 3.57. The van der Waals surface area contributed by atoms with Crippen LogP contribution in [-0.4, -0.2) is 13.4 Å². The van der Waals surface area contributed by atoms with Crippen LogP contribution in [-0.2, 0) is 10.0 Å². The van der Waals surface area contributed by atoms with Crippen LogP contribution in [0.15, 0.2) is 39.8 Å². The van der Waals surface area contributed by atoms with Crippen molar-refractivity contribution in [2.45, 2.75) is 25.7 Å². The van der Waals surface area contributed by atoms with Gasteiger partial charge in [0.25, 0.3) is 10.0 Å². The maximum Gasteiger partial charge on any atom is 0.263 e. The van der Waals surface area contributed by atoms with Crippen molar-refractivity contribution in [2.75, 3.05) is 4.72 Å². The van der Waals surface area contributed by atoms with Crippen LogP contribution >= 0.6 is 15.9 Å². The summed E-state index contributed by atoms with van der Waals surface area (Å²) in [5.41, 5.74) is 2.64. The number of anilines is 1. The molecule has 0 aliphatic rings. The quantitative estimate of drug-likeness (QED) is 0.916. The second kappa shape index (κ2) is 5.54. The molecule has 0 saturated heterocycles. The van der Waals surface area contributed by atoms with Gasteiger partial charge >= 0.3 is 0 Å². The SMILES string of the molecule is Cc1ccnc(NS(=O)(=O)c2cc(Br)c(C)cc2C)c1. The van der Waals surface area contributed by atoms with E-state index in [2.05, 4.69) is 25.6 Å². The van der Waals surface area contributed by atoms with E-state index >= 15 is 0 Å². The van der Waals surface area contributed by atoms with E-state index in [1.165, 1.54) is 0 Å². The first-order chi connectivity index (χ1) is 9.29. The number of aromatic nitrogens is 1. The Balaban J connectivity index is 2.43. The molecule has 1 N–H and O–H groups in total. The number of pyridine rings is 1. The zero-order valence-electron chi connectivity index (χ0n) is 11.4. The van der Waals surface area contributed by atoms with Gasteiger partial charge in [0.15, 0.2) is 0 Å². The molecule has 0 aliphatic heterocycles. The highest BCUT2D eigenvalue weighted by Crippen LogP contribution is 2.25. The molecule has 0 fully saturated rings. The van der Waals surface area contributed by atoms with Crippen molar-refractivity contribution in [3.63, 3.8) is 0 Å². The van der Waals surface area contributed by atoms with Crippen LogP contribution < -0.4 is 4.72 Å². The van der Waals surface area contributed by atoms with Gasteiger partial charge in [-0.2, -0.15) is 0 Å². The fraction of sp³-hybridized carbons (Fsp3) is 0.214. The standard InChI is InChI=1S/C14H15BrN2O2S/c1-9-4-5-16-14(6-9)17-20(18,19)13-8-12(15)10(2)7-11(13)3/h4-8H,1-3H3,(H,16,17). The van der Waals surface area contributed by atoms with Crippen LogP contribution in [0.2, 0.25) is 0 Å². The van der Waals surface area contributed by atoms with Gasteiger partial charge in [-0.25, -0.2) is 13.4 Å². The van der Waals surface area contributed by atoms with Gasteiger partial charge in [-0.1, -0.05) is 22.0 Å². The minimum absolute atomic E-state index is 0.248. The molecule has 0 atom stereocenters. The summed E-state index contributed by atoms with van der Waals surface area (Å²) in [4.78, 5) is 4.27. The average Bonchev–Trinajstić information content (AvgIpc) is 2.33. The van der Waals surface area contributed by atoms with Crippen LogP contribution in [0.25, 0.3) is 0 Å². The Labute approximate surface area is 127 Å². The maximum atomic E-state index is 12.4. The highest BCUT2D eigenvalue weighted by Gasteiger charge is 2.18. The minimum atomic E-state index is -3.64. The van der Waals surface area contributed by atoms with Crippen LogP contribution in [0.1, 0.15) is 16.7 Å². The van der Waals surface area contributed by atoms with Crippen LogP contribution in [0, 0.1) is 20.8 Å². The zero-order chi connectivity index (χ0) is 14.9. The number of sulfonamides is 1. The summed E-state index contributed by atoms with van der Waals surface area (Å²) in [5, 5.41) is 0. The number of hydrogen-bond acceptors (Lipinski definition) is 3. The van der Waals surface area contributed by atoms with Crippen molar-refractivity contribution in [3.05, 3.63) is 51.6 Å². The molecule has 0 bridgehead atoms. The third kappa shape index (κ3) is 3.19. The van der Waals surface area contributed by atoms with E-state index in [0.717, 1.165) is 15.6 Å². The molecule has 20 heavy (non-hydrogen) atoms. The fourth-order valence-electron chi connectivity index (χ4n) is 1.88. The molecule has 106 valence electrons. The van der Waals surface area contributed by atoms with E-state index in [9.17, 15) is 8.42 Å². The van der Waals surface area contributed by atoms with E-state index in [0.29, 0.717) is 11.4 Å². The van der Waals surface area contributed by atoms with Crippen molar-refractivity contribution in [3.8, 4) is 0 Å². The third-order valence-corrected chi connectivity index (χ3v) is 5.25. The molecule has 0 aliphatic carbocycles. The van der Waals surface area contributed by atoms with Gasteiger partial charge in [0, 0.05) is 10.7 Å². The van der Waals surface area contributed by atoms with Gasteiger partial charge in [-0.3, -0.25) is 4.72 Å². The van der Waals surface area contributed by atoms with Gasteiger partial charge in [0.1, 0.15) is 5.82 Å². The Hall–Kier alpha value is -1.40. The lowest BCUT2D eigenvalue weighted by atomic mass is 10.2. The molecule has 0 radical (unpaired) electrons. The maximum absolute atomic E-state index is 12.4. The fourth-order valence-corrected chi connectivity index (χ4v) is 3.63. The number of halogens is 1. The Bertz CT molecular complexity index is 758. The smallest absolute Gasteiger partial charge is 0.263 e. The number of nitrogens with one attached hydrogen (secondary N) is 1. The van der Waals surface area contributed by atoms with Gasteiger partial charge in [0.2, 0.25) is 0 Å². The Kier molecular flexibility index (Phi) is 4.15. The molecule has 4 nitrogen and oxygen atoms in total. The van der Waals surface area contributed by atoms with E-state index in [1.54, 1.807) is 25.3 Å². The van der Waals surface area contributed by atoms with Crippen molar-refractivity contribution < 1.29 is 8.42 Å². The number of hydrogen-bond donors (Lipinski definition) is 1. The summed E-state index contributed by atoms with van der Waals surface area (Å²) in [7, 11) is -3.64. The van der Waals surface area contributed by atoms with Crippen molar-refractivity contribution in [2.24, 2.45) is 0 Å². The Morgan fingerprint density at radius 2 is 1.80 bits per heavy atom. The van der Waals surface area contributed by atoms with E-state index in [4.69, 9.17) is 0 Å². The van der Waals surface area contributed by atoms with Gasteiger partial charge in [-0.05, 0) is 55.7 Å². The molecule has 0 amide bonds. The summed E-state index contributed by atoms with van der Waals surface area (Å²) in [6, 6.07) is 6.95. The second-order valence-corrected chi connectivity index (χ2v) is 7.20. The summed E-state index contributed by atoms with van der Waals surface area (Å²) in [6.45, 7) is 5.58. The number of rotatable bonds is 3. The van der Waals surface area contributed by atoms with Gasteiger partial charge in [0.05, 0.1) is 4.90 Å². The van der Waals surface area contributed by atoms with Crippen molar-refractivity contribution in [1.82, 2.24) is 4.98 Å². The first-order valence-electron chi connectivity index (χ1n) is 6.02. The number of aryl methyl sites for hydroxylation is 3. The normalized spacial score (nSPS) is 11.4. The first kappa shape index (κ1) is 15.0. The molecule has 2 aromatic rings. The lowest BCUT2D eigenvalue weighted by Crippen LogP contribution is -2.15. The molecule has 0 spiro atoms. The van der Waals surface area contributed by atoms with Gasteiger partial charge in [-0.15, -0.1) is 0 Å².